The van der Waals surface area contributed by atoms with Crippen molar-refractivity contribution < 1.29 is 19.1 Å². The van der Waals surface area contributed by atoms with E-state index in [2.05, 4.69) is 20.2 Å². The molecular weight excluding hydrogens is 302 g/mol. The summed E-state index contributed by atoms with van der Waals surface area (Å²) in [5.74, 6) is -0.534. The first-order valence-corrected chi connectivity index (χ1v) is 8.95. The molecule has 0 radical (unpaired) electrons. The van der Waals surface area contributed by atoms with Crippen molar-refractivity contribution in [1.82, 2.24) is 0 Å². The van der Waals surface area contributed by atoms with Gasteiger partial charge >= 0.3 is 5.97 Å². The summed E-state index contributed by atoms with van der Waals surface area (Å²) in [7, 11) is 4.34. The van der Waals surface area contributed by atoms with Gasteiger partial charge < -0.3 is 14.3 Å². The molecular formula is C20H28NO3+. The van der Waals surface area contributed by atoms with Crippen LogP contribution in [0.15, 0.2) is 30.3 Å². The van der Waals surface area contributed by atoms with Crippen molar-refractivity contribution in [3.63, 3.8) is 0 Å². The number of rotatable bonds is 5. The van der Waals surface area contributed by atoms with Gasteiger partial charge in [-0.3, -0.25) is 0 Å². The third kappa shape index (κ3) is 3.55. The molecule has 4 heteroatoms. The average Bonchev–Trinajstić information content (AvgIpc) is 3.21. The molecule has 1 aromatic carbocycles. The summed E-state index contributed by atoms with van der Waals surface area (Å²) in [4.78, 5) is 12.4. The predicted octanol–water partition coefficient (Wildman–Crippen LogP) is 3.07. The number of carbonyl (C=O) groups is 1. The molecule has 0 unspecified atom stereocenters. The van der Waals surface area contributed by atoms with Crippen LogP contribution < -0.4 is 0 Å². The fourth-order valence-corrected chi connectivity index (χ4v) is 3.88. The molecule has 1 fully saturated rings. The topological polar surface area (TPSA) is 46.5 Å². The summed E-state index contributed by atoms with van der Waals surface area (Å²) < 4.78 is 6.35. The lowest BCUT2D eigenvalue weighted by atomic mass is 9.96. The number of hydrogen-bond acceptors (Lipinski definition) is 3. The summed E-state index contributed by atoms with van der Waals surface area (Å²) in [5, 5.41) is 10.5. The number of aliphatic hydroxyl groups excluding tert-OH is 1. The van der Waals surface area contributed by atoms with E-state index in [-0.39, 0.29) is 0 Å². The van der Waals surface area contributed by atoms with Crippen LogP contribution in [-0.2, 0) is 9.53 Å². The third-order valence-corrected chi connectivity index (χ3v) is 5.54. The summed E-state index contributed by atoms with van der Waals surface area (Å²) in [6.07, 6.45) is 6.44. The number of aliphatic hydroxyl groups is 1. The average molecular weight is 330 g/mol. The first kappa shape index (κ1) is 17.2. The van der Waals surface area contributed by atoms with E-state index in [0.717, 1.165) is 48.7 Å². The van der Waals surface area contributed by atoms with E-state index in [4.69, 9.17) is 4.74 Å². The Morgan fingerprint density at radius 2 is 2.12 bits per heavy atom. The number of esters is 1. The van der Waals surface area contributed by atoms with Crippen LogP contribution in [0, 0.1) is 0 Å². The van der Waals surface area contributed by atoms with Crippen LogP contribution in [0.5, 0.6) is 0 Å². The minimum atomic E-state index is -1.21. The highest BCUT2D eigenvalue weighted by atomic mass is 16.5. The molecule has 2 aliphatic rings. The van der Waals surface area contributed by atoms with Crippen molar-refractivity contribution in [1.29, 1.82) is 0 Å². The van der Waals surface area contributed by atoms with Gasteiger partial charge in [0.2, 0.25) is 0 Å². The van der Waals surface area contributed by atoms with E-state index < -0.39 is 12.1 Å². The molecule has 0 bridgehead atoms. The lowest BCUT2D eigenvalue weighted by Crippen LogP contribution is -2.46. The molecule has 1 aliphatic heterocycles. The Bertz CT molecular complexity index is 636. The van der Waals surface area contributed by atoms with Gasteiger partial charge in [-0.1, -0.05) is 30.3 Å². The molecule has 0 amide bonds. The van der Waals surface area contributed by atoms with Crippen LogP contribution in [0.2, 0.25) is 0 Å². The van der Waals surface area contributed by atoms with Gasteiger partial charge in [0.1, 0.15) is 12.6 Å². The molecule has 1 heterocycles. The van der Waals surface area contributed by atoms with Crippen molar-refractivity contribution in [3.05, 3.63) is 41.5 Å². The highest BCUT2D eigenvalue weighted by Crippen LogP contribution is 2.33. The van der Waals surface area contributed by atoms with Crippen LogP contribution in [0.4, 0.5) is 0 Å². The first-order valence-electron chi connectivity index (χ1n) is 8.95. The van der Waals surface area contributed by atoms with Gasteiger partial charge in [-0.15, -0.1) is 0 Å². The normalized spacial score (nSPS) is 23.8. The SMILES string of the molecule is C[N+]1(C)CCC[C@@H]1COC(=O)[C@H](O)c1ccccc1C1=CCCC1. The number of quaternary nitrogens is 1. The number of nitrogens with zero attached hydrogens (tertiary/aromatic N) is 1. The van der Waals surface area contributed by atoms with E-state index in [1.54, 1.807) is 0 Å². The van der Waals surface area contributed by atoms with Gasteiger partial charge in [-0.05, 0) is 36.0 Å². The van der Waals surface area contributed by atoms with Gasteiger partial charge in [0, 0.05) is 12.8 Å². The number of allylic oxidation sites excluding steroid dienone is 2. The van der Waals surface area contributed by atoms with Crippen LogP contribution in [0.25, 0.3) is 5.57 Å². The Kier molecular flexibility index (Phi) is 5.07. The number of likely N-dealkylation sites (N-methyl/N-ethyl adjacent to an activating group) is 1. The maximum atomic E-state index is 12.4. The summed E-state index contributed by atoms with van der Waals surface area (Å²) >= 11 is 0. The van der Waals surface area contributed by atoms with E-state index in [9.17, 15) is 9.90 Å². The highest BCUT2D eigenvalue weighted by Gasteiger charge is 2.35. The summed E-state index contributed by atoms with van der Waals surface area (Å²) in [6, 6.07) is 7.96. The smallest absolute Gasteiger partial charge is 0.339 e. The maximum absolute atomic E-state index is 12.4. The maximum Gasteiger partial charge on any atom is 0.339 e. The third-order valence-electron chi connectivity index (χ3n) is 5.54. The Morgan fingerprint density at radius 1 is 1.33 bits per heavy atom. The van der Waals surface area contributed by atoms with Crippen molar-refractivity contribution in [2.24, 2.45) is 0 Å². The monoisotopic (exact) mass is 330 g/mol. The Morgan fingerprint density at radius 3 is 2.79 bits per heavy atom. The first-order chi connectivity index (χ1) is 11.5. The zero-order valence-corrected chi connectivity index (χ0v) is 14.7. The van der Waals surface area contributed by atoms with Crippen molar-refractivity contribution >= 4 is 11.5 Å². The van der Waals surface area contributed by atoms with Gasteiger partial charge in [0.05, 0.1) is 20.6 Å². The van der Waals surface area contributed by atoms with Crippen LogP contribution >= 0.6 is 0 Å². The Labute approximate surface area is 144 Å². The quantitative estimate of drug-likeness (QED) is 0.667. The Hall–Kier alpha value is -1.65. The molecule has 0 spiro atoms. The molecule has 1 aromatic rings. The minimum absolute atomic E-state index is 0.328. The summed E-state index contributed by atoms with van der Waals surface area (Å²) in [6.45, 7) is 1.50. The van der Waals surface area contributed by atoms with Gasteiger partial charge in [-0.2, -0.15) is 0 Å². The highest BCUT2D eigenvalue weighted by molar-refractivity contribution is 5.80. The second kappa shape index (κ2) is 7.08. The van der Waals surface area contributed by atoms with Crippen LogP contribution in [-0.4, -0.2) is 48.8 Å². The summed E-state index contributed by atoms with van der Waals surface area (Å²) in [5.41, 5.74) is 2.87. The fourth-order valence-electron chi connectivity index (χ4n) is 3.88. The Balaban J connectivity index is 1.68. The zero-order chi connectivity index (χ0) is 17.2. The number of carbonyl (C=O) groups excluding carboxylic acids is 1. The molecule has 24 heavy (non-hydrogen) atoms. The lowest BCUT2D eigenvalue weighted by molar-refractivity contribution is -0.902. The van der Waals surface area contributed by atoms with Gasteiger partial charge in [0.25, 0.3) is 0 Å². The molecule has 1 aliphatic carbocycles. The van der Waals surface area contributed by atoms with Gasteiger partial charge in [-0.25, -0.2) is 4.79 Å². The largest absolute Gasteiger partial charge is 0.457 e. The van der Waals surface area contributed by atoms with E-state index in [1.807, 2.05) is 24.3 Å². The molecule has 0 aromatic heterocycles. The lowest BCUT2D eigenvalue weighted by Gasteiger charge is -2.31. The van der Waals surface area contributed by atoms with Crippen molar-refractivity contribution in [2.75, 3.05) is 27.2 Å². The molecule has 130 valence electrons. The fraction of sp³-hybridized carbons (Fsp3) is 0.550. The van der Waals surface area contributed by atoms with E-state index in [0.29, 0.717) is 18.2 Å². The number of ether oxygens (including phenoxy) is 1. The van der Waals surface area contributed by atoms with Crippen LogP contribution in [0.3, 0.4) is 0 Å². The molecule has 1 saturated heterocycles. The molecule has 1 N–H and O–H groups in total. The second-order valence-corrected chi connectivity index (χ2v) is 7.54. The molecule has 2 atom stereocenters. The number of benzene rings is 1. The number of hydrogen-bond donors (Lipinski definition) is 1. The van der Waals surface area contributed by atoms with E-state index >= 15 is 0 Å². The molecule has 0 saturated carbocycles. The molecule has 4 nitrogen and oxygen atoms in total. The van der Waals surface area contributed by atoms with Crippen molar-refractivity contribution in [2.45, 2.75) is 44.2 Å². The molecule has 3 rings (SSSR count). The number of likely N-dealkylation sites (tertiary alicyclic amines) is 1. The zero-order valence-electron chi connectivity index (χ0n) is 14.7. The predicted molar refractivity (Wildman–Crippen MR) is 94.2 cm³/mol. The van der Waals surface area contributed by atoms with Gasteiger partial charge in [0.15, 0.2) is 6.10 Å². The van der Waals surface area contributed by atoms with Crippen LogP contribution in [0.1, 0.15) is 49.3 Å². The standard InChI is InChI=1S/C20H28NO3/c1-21(2)13-7-10-16(21)14-24-20(23)19(22)18-12-6-5-11-17(18)15-8-3-4-9-15/h5-6,8,11-12,16,19,22H,3-4,7,9-10,13-14H2,1-2H3/q+1/t16-,19-/m1/s1. The van der Waals surface area contributed by atoms with Crippen molar-refractivity contribution in [3.8, 4) is 0 Å². The van der Waals surface area contributed by atoms with E-state index in [1.165, 1.54) is 5.57 Å². The minimum Gasteiger partial charge on any atom is -0.457 e. The second-order valence-electron chi connectivity index (χ2n) is 7.54.